The van der Waals surface area contributed by atoms with E-state index in [2.05, 4.69) is 21.2 Å². The summed E-state index contributed by atoms with van der Waals surface area (Å²) in [6.07, 6.45) is 4.83. The zero-order chi connectivity index (χ0) is 17.7. The van der Waals surface area contributed by atoms with Gasteiger partial charge in [0.15, 0.2) is 0 Å². The fourth-order valence-electron chi connectivity index (χ4n) is 3.90. The average molecular weight is 422 g/mol. The second-order valence-corrected chi connectivity index (χ2v) is 7.62. The molecule has 1 aliphatic heterocycles. The van der Waals surface area contributed by atoms with Gasteiger partial charge in [0.1, 0.15) is 10.8 Å². The van der Waals surface area contributed by atoms with Crippen LogP contribution in [0.3, 0.4) is 0 Å². The summed E-state index contributed by atoms with van der Waals surface area (Å²) >= 11 is 9.50. The van der Waals surface area contributed by atoms with Gasteiger partial charge in [0.25, 0.3) is 5.69 Å². The van der Waals surface area contributed by atoms with Crippen LogP contribution in [0, 0.1) is 16.0 Å². The molecule has 0 saturated heterocycles. The lowest BCUT2D eigenvalue weighted by Crippen LogP contribution is -2.29. The number of phenolic OH excluding ortho intramolecular Hbond substituents is 1. The number of nitro benzene ring substituents is 1. The second kappa shape index (κ2) is 6.04. The number of halogens is 2. The van der Waals surface area contributed by atoms with Crippen LogP contribution in [0.2, 0.25) is 5.02 Å². The van der Waals surface area contributed by atoms with Gasteiger partial charge in [0.05, 0.1) is 22.2 Å². The first-order valence-electron chi connectivity index (χ1n) is 7.85. The van der Waals surface area contributed by atoms with Gasteiger partial charge in [-0.1, -0.05) is 51.8 Å². The normalized spacial score (nSPS) is 23.7. The van der Waals surface area contributed by atoms with E-state index in [1.807, 2.05) is 36.4 Å². The highest BCUT2D eigenvalue weighted by Crippen LogP contribution is 2.56. The van der Waals surface area contributed by atoms with Crippen molar-refractivity contribution >= 4 is 38.9 Å². The summed E-state index contributed by atoms with van der Waals surface area (Å²) in [6.45, 7) is 0. The van der Waals surface area contributed by atoms with E-state index in [4.69, 9.17) is 11.6 Å². The quantitative estimate of drug-likeness (QED) is 0.289. The van der Waals surface area contributed by atoms with Crippen LogP contribution in [0.1, 0.15) is 29.5 Å². The van der Waals surface area contributed by atoms with Crippen LogP contribution in [0.4, 0.5) is 11.4 Å². The Bertz CT molecular complexity index is 898. The van der Waals surface area contributed by atoms with Gasteiger partial charge in [0, 0.05) is 16.5 Å². The number of nitrogens with zero attached hydrogens (tertiary/aromatic N) is 1. The van der Waals surface area contributed by atoms with Crippen molar-refractivity contribution in [1.82, 2.24) is 0 Å². The zero-order valence-electron chi connectivity index (χ0n) is 12.9. The lowest BCUT2D eigenvalue weighted by Gasteiger charge is -2.37. The number of nitro groups is 1. The molecule has 2 N–H and O–H groups in total. The lowest BCUT2D eigenvalue weighted by molar-refractivity contribution is -0.385. The molecule has 0 unspecified atom stereocenters. The number of fused-ring (bicyclic) bond motifs is 3. The minimum atomic E-state index is -0.467. The van der Waals surface area contributed by atoms with Crippen LogP contribution >= 0.6 is 27.5 Å². The minimum absolute atomic E-state index is 0.0378. The van der Waals surface area contributed by atoms with Crippen molar-refractivity contribution in [3.63, 3.8) is 0 Å². The van der Waals surface area contributed by atoms with Gasteiger partial charge in [-0.15, -0.1) is 0 Å². The molecule has 0 bridgehead atoms. The van der Waals surface area contributed by atoms with Crippen molar-refractivity contribution in [1.29, 1.82) is 0 Å². The Morgan fingerprint density at radius 1 is 1.32 bits per heavy atom. The molecule has 0 fully saturated rings. The molecule has 128 valence electrons. The molecule has 5 nitrogen and oxygen atoms in total. The van der Waals surface area contributed by atoms with E-state index >= 15 is 0 Å². The molecular weight excluding hydrogens is 408 g/mol. The summed E-state index contributed by atoms with van der Waals surface area (Å²) in [7, 11) is 0. The fourth-order valence-corrected chi connectivity index (χ4v) is 4.43. The van der Waals surface area contributed by atoms with Gasteiger partial charge in [-0.3, -0.25) is 10.1 Å². The first kappa shape index (κ1) is 16.4. The van der Waals surface area contributed by atoms with Gasteiger partial charge in [-0.05, 0) is 30.0 Å². The topological polar surface area (TPSA) is 75.4 Å². The molecule has 0 radical (unpaired) electrons. The van der Waals surface area contributed by atoms with Crippen molar-refractivity contribution < 1.29 is 10.0 Å². The molecule has 4 rings (SSSR count). The summed E-state index contributed by atoms with van der Waals surface area (Å²) in [5, 5.41) is 25.2. The van der Waals surface area contributed by atoms with E-state index in [1.54, 1.807) is 0 Å². The minimum Gasteiger partial charge on any atom is -0.506 e. The van der Waals surface area contributed by atoms with Crippen molar-refractivity contribution in [3.8, 4) is 5.75 Å². The van der Waals surface area contributed by atoms with Crippen molar-refractivity contribution in [2.24, 2.45) is 5.92 Å². The van der Waals surface area contributed by atoms with Crippen LogP contribution in [0.15, 0.2) is 47.0 Å². The summed E-state index contributed by atoms with van der Waals surface area (Å²) in [6, 6.07) is 9.16. The maximum atomic E-state index is 11.6. The monoisotopic (exact) mass is 420 g/mol. The average Bonchev–Trinajstić information content (AvgIpc) is 3.04. The predicted molar refractivity (Wildman–Crippen MR) is 100 cm³/mol. The highest BCUT2D eigenvalue weighted by Gasteiger charge is 2.43. The number of benzene rings is 2. The number of aromatic hydroxyl groups is 1. The van der Waals surface area contributed by atoms with Gasteiger partial charge < -0.3 is 10.4 Å². The van der Waals surface area contributed by atoms with Crippen molar-refractivity contribution in [2.45, 2.75) is 18.4 Å². The van der Waals surface area contributed by atoms with Crippen molar-refractivity contribution in [3.05, 3.63) is 73.2 Å². The number of rotatable bonds is 2. The third kappa shape index (κ3) is 2.60. The fraction of sp³-hybridized carbons (Fsp3) is 0.222. The number of allylic oxidation sites excluding steroid dienone is 2. The van der Waals surface area contributed by atoms with Gasteiger partial charge in [-0.2, -0.15) is 0 Å². The third-order valence-corrected chi connectivity index (χ3v) is 5.77. The molecule has 2 aromatic carbocycles. The Labute approximate surface area is 157 Å². The van der Waals surface area contributed by atoms with Crippen LogP contribution < -0.4 is 5.32 Å². The molecule has 25 heavy (non-hydrogen) atoms. The molecule has 3 atom stereocenters. The molecule has 2 aliphatic rings. The molecule has 2 aromatic rings. The number of anilines is 1. The molecule has 7 heteroatoms. The highest BCUT2D eigenvalue weighted by atomic mass is 79.9. The number of hydrogen-bond acceptors (Lipinski definition) is 4. The van der Waals surface area contributed by atoms with E-state index < -0.39 is 4.92 Å². The van der Waals surface area contributed by atoms with Crippen LogP contribution in [-0.4, -0.2) is 10.0 Å². The number of hydrogen-bond donors (Lipinski definition) is 2. The van der Waals surface area contributed by atoms with E-state index in [-0.39, 0.29) is 34.3 Å². The maximum Gasteiger partial charge on any atom is 0.293 e. The zero-order valence-corrected chi connectivity index (χ0v) is 15.3. The Balaban J connectivity index is 1.89. The standard InChI is InChI=1S/C18H14BrClN2O3/c19-10-6-4-9(5-7-10)16-12-3-1-2-11(12)15-17(21-16)14(23)8-13(20)18(15)22(24)25/h1-2,4-8,11-12,16,21,23H,3H2/t11-,12-,16-/m1/s1. The molecule has 0 aromatic heterocycles. The molecule has 0 spiro atoms. The van der Waals surface area contributed by atoms with Crippen molar-refractivity contribution in [2.75, 3.05) is 5.32 Å². The Morgan fingerprint density at radius 3 is 2.72 bits per heavy atom. The number of nitrogens with one attached hydrogen (secondary N) is 1. The summed E-state index contributed by atoms with van der Waals surface area (Å²) in [5.41, 5.74) is 1.82. The lowest BCUT2D eigenvalue weighted by atomic mass is 9.76. The van der Waals surface area contributed by atoms with E-state index in [0.717, 1.165) is 16.5 Å². The largest absolute Gasteiger partial charge is 0.506 e. The molecule has 0 saturated carbocycles. The summed E-state index contributed by atoms with van der Waals surface area (Å²) < 4.78 is 0.985. The SMILES string of the molecule is O=[N+]([O-])c1c(Cl)cc(O)c2c1[C@@H]1C=CC[C@H]1[C@@H](c1ccc(Br)cc1)N2. The smallest absolute Gasteiger partial charge is 0.293 e. The van der Waals surface area contributed by atoms with Crippen LogP contribution in [-0.2, 0) is 0 Å². The second-order valence-electron chi connectivity index (χ2n) is 6.30. The van der Waals surface area contributed by atoms with Gasteiger partial charge in [-0.25, -0.2) is 0 Å². The molecular formula is C18H14BrClN2O3. The van der Waals surface area contributed by atoms with E-state index in [9.17, 15) is 15.2 Å². The Morgan fingerprint density at radius 2 is 2.04 bits per heavy atom. The molecule has 1 heterocycles. The predicted octanol–water partition coefficient (Wildman–Crippen LogP) is 5.54. The van der Waals surface area contributed by atoms with Gasteiger partial charge in [0.2, 0.25) is 0 Å². The molecule has 1 aliphatic carbocycles. The maximum absolute atomic E-state index is 11.6. The highest BCUT2D eigenvalue weighted by molar-refractivity contribution is 9.10. The third-order valence-electron chi connectivity index (χ3n) is 4.96. The summed E-state index contributed by atoms with van der Waals surface area (Å²) in [5.74, 6) is -0.0911. The summed E-state index contributed by atoms with van der Waals surface area (Å²) in [4.78, 5) is 11.1. The van der Waals surface area contributed by atoms with E-state index in [1.165, 1.54) is 6.07 Å². The first-order valence-corrected chi connectivity index (χ1v) is 9.03. The molecule has 0 amide bonds. The number of phenols is 1. The van der Waals surface area contributed by atoms with Crippen LogP contribution in [0.5, 0.6) is 5.75 Å². The Kier molecular flexibility index (Phi) is 3.96. The van der Waals surface area contributed by atoms with Gasteiger partial charge >= 0.3 is 0 Å². The van der Waals surface area contributed by atoms with Crippen LogP contribution in [0.25, 0.3) is 0 Å². The van der Waals surface area contributed by atoms with E-state index in [0.29, 0.717) is 11.3 Å². The Hall–Kier alpha value is -2.05. The first-order chi connectivity index (χ1) is 12.0.